The predicted octanol–water partition coefficient (Wildman–Crippen LogP) is 3.32. The number of rotatable bonds is 2. The SMILES string of the molecule is O=C1C(c2c[nH]c3ccccc23)=C(c2c[nH]c3ccccc23)C(=O)N1O. The molecule has 2 amide bonds. The van der Waals surface area contributed by atoms with Crippen LogP contribution in [0.2, 0.25) is 0 Å². The molecule has 0 atom stereocenters. The molecular weight excluding hydrogens is 330 g/mol. The van der Waals surface area contributed by atoms with Crippen molar-refractivity contribution < 1.29 is 14.8 Å². The fourth-order valence-electron chi connectivity index (χ4n) is 3.57. The Labute approximate surface area is 147 Å². The van der Waals surface area contributed by atoms with Crippen molar-refractivity contribution in [1.82, 2.24) is 15.0 Å². The van der Waals surface area contributed by atoms with Crippen molar-refractivity contribution in [3.05, 3.63) is 72.1 Å². The summed E-state index contributed by atoms with van der Waals surface area (Å²) in [6.07, 6.45) is 3.39. The van der Waals surface area contributed by atoms with Crippen LogP contribution in [0.3, 0.4) is 0 Å². The van der Waals surface area contributed by atoms with E-state index >= 15 is 0 Å². The summed E-state index contributed by atoms with van der Waals surface area (Å²) in [5.74, 6) is -1.44. The molecule has 0 unspecified atom stereocenters. The van der Waals surface area contributed by atoms with Crippen LogP contribution in [0.15, 0.2) is 60.9 Å². The van der Waals surface area contributed by atoms with Gasteiger partial charge in [-0.2, -0.15) is 0 Å². The quantitative estimate of drug-likeness (QED) is 0.385. The van der Waals surface area contributed by atoms with E-state index in [9.17, 15) is 14.8 Å². The number of carbonyl (C=O) groups excluding carboxylic acids is 2. The lowest BCUT2D eigenvalue weighted by atomic mass is 9.95. The van der Waals surface area contributed by atoms with Gasteiger partial charge < -0.3 is 9.97 Å². The van der Waals surface area contributed by atoms with Gasteiger partial charge in [-0.05, 0) is 12.1 Å². The maximum atomic E-state index is 12.7. The molecule has 2 aromatic heterocycles. The van der Waals surface area contributed by atoms with Gasteiger partial charge in [0, 0.05) is 45.3 Å². The first-order valence-corrected chi connectivity index (χ1v) is 8.11. The van der Waals surface area contributed by atoms with E-state index in [-0.39, 0.29) is 16.2 Å². The van der Waals surface area contributed by atoms with Crippen LogP contribution in [0.25, 0.3) is 33.0 Å². The summed E-state index contributed by atoms with van der Waals surface area (Å²) in [6.45, 7) is 0. The summed E-state index contributed by atoms with van der Waals surface area (Å²) < 4.78 is 0. The number of para-hydroxylation sites is 2. The highest BCUT2D eigenvalue weighted by molar-refractivity contribution is 6.50. The number of amides is 2. The third-order valence-corrected chi connectivity index (χ3v) is 4.78. The van der Waals surface area contributed by atoms with Gasteiger partial charge in [-0.3, -0.25) is 14.8 Å². The number of hydroxylamine groups is 2. The molecule has 0 radical (unpaired) electrons. The minimum atomic E-state index is -0.722. The molecular formula is C20H13N3O3. The van der Waals surface area contributed by atoms with E-state index in [0.29, 0.717) is 11.1 Å². The average molecular weight is 343 g/mol. The molecule has 126 valence electrons. The summed E-state index contributed by atoms with van der Waals surface area (Å²) in [4.78, 5) is 31.6. The predicted molar refractivity (Wildman–Crippen MR) is 97.1 cm³/mol. The van der Waals surface area contributed by atoms with Gasteiger partial charge in [-0.1, -0.05) is 36.4 Å². The number of hydrogen-bond donors (Lipinski definition) is 3. The van der Waals surface area contributed by atoms with Crippen LogP contribution in [-0.2, 0) is 9.59 Å². The molecule has 0 bridgehead atoms. The van der Waals surface area contributed by atoms with E-state index in [1.807, 2.05) is 48.5 Å². The summed E-state index contributed by atoms with van der Waals surface area (Å²) in [7, 11) is 0. The third kappa shape index (κ3) is 1.84. The number of aromatic nitrogens is 2. The van der Waals surface area contributed by atoms with Crippen molar-refractivity contribution in [3.8, 4) is 0 Å². The lowest BCUT2D eigenvalue weighted by Crippen LogP contribution is -2.27. The molecule has 0 spiro atoms. The molecule has 6 nitrogen and oxygen atoms in total. The Balaban J connectivity index is 1.86. The van der Waals surface area contributed by atoms with Crippen LogP contribution in [0, 0.1) is 0 Å². The van der Waals surface area contributed by atoms with Crippen LogP contribution in [0.4, 0.5) is 0 Å². The number of nitrogens with zero attached hydrogens (tertiary/aromatic N) is 1. The second kappa shape index (κ2) is 5.18. The fraction of sp³-hybridized carbons (Fsp3) is 0. The van der Waals surface area contributed by atoms with E-state index in [0.717, 1.165) is 21.8 Å². The third-order valence-electron chi connectivity index (χ3n) is 4.78. The number of benzene rings is 2. The summed E-state index contributed by atoms with van der Waals surface area (Å²) in [5, 5.41) is 11.8. The monoisotopic (exact) mass is 343 g/mol. The van der Waals surface area contributed by atoms with Gasteiger partial charge in [0.15, 0.2) is 0 Å². The molecule has 2 aromatic carbocycles. The average Bonchev–Trinajstić information content (AvgIpc) is 3.33. The highest BCUT2D eigenvalue weighted by Crippen LogP contribution is 2.39. The first-order chi connectivity index (χ1) is 12.7. The molecule has 0 saturated heterocycles. The number of hydrogen-bond acceptors (Lipinski definition) is 3. The van der Waals surface area contributed by atoms with Crippen molar-refractivity contribution in [3.63, 3.8) is 0 Å². The van der Waals surface area contributed by atoms with Gasteiger partial charge in [0.2, 0.25) is 0 Å². The summed E-state index contributed by atoms with van der Waals surface area (Å²) >= 11 is 0. The second-order valence-corrected chi connectivity index (χ2v) is 6.17. The van der Waals surface area contributed by atoms with Gasteiger partial charge in [0.1, 0.15) is 0 Å². The van der Waals surface area contributed by atoms with Crippen LogP contribution >= 0.6 is 0 Å². The lowest BCUT2D eigenvalue weighted by molar-refractivity contribution is -0.168. The largest absolute Gasteiger partial charge is 0.361 e. The van der Waals surface area contributed by atoms with Crippen LogP contribution in [0.1, 0.15) is 11.1 Å². The fourth-order valence-corrected chi connectivity index (χ4v) is 3.57. The highest BCUT2D eigenvalue weighted by Gasteiger charge is 2.40. The van der Waals surface area contributed by atoms with Crippen molar-refractivity contribution in [1.29, 1.82) is 0 Å². The zero-order valence-corrected chi connectivity index (χ0v) is 13.5. The Hall–Kier alpha value is -3.64. The van der Waals surface area contributed by atoms with Crippen LogP contribution < -0.4 is 0 Å². The van der Waals surface area contributed by atoms with Gasteiger partial charge in [-0.15, -0.1) is 5.06 Å². The standard InChI is InChI=1S/C20H13N3O3/c24-19-17(13-9-21-15-7-3-1-5-11(13)15)18(20(25)23(19)26)14-10-22-16-8-4-2-6-12(14)16/h1-10,21-22,26H. The normalized spacial score (nSPS) is 15.0. The van der Waals surface area contributed by atoms with E-state index < -0.39 is 11.8 Å². The maximum Gasteiger partial charge on any atom is 0.286 e. The Bertz CT molecular complexity index is 1150. The van der Waals surface area contributed by atoms with E-state index in [2.05, 4.69) is 9.97 Å². The zero-order chi connectivity index (χ0) is 17.8. The summed E-state index contributed by atoms with van der Waals surface area (Å²) in [5.41, 5.74) is 3.28. The zero-order valence-electron chi connectivity index (χ0n) is 13.5. The van der Waals surface area contributed by atoms with Gasteiger partial charge >= 0.3 is 0 Å². The van der Waals surface area contributed by atoms with Gasteiger partial charge in [0.25, 0.3) is 11.8 Å². The Morgan fingerprint density at radius 3 is 1.58 bits per heavy atom. The minimum Gasteiger partial charge on any atom is -0.361 e. The molecule has 1 aliphatic heterocycles. The molecule has 0 saturated carbocycles. The molecule has 0 aliphatic carbocycles. The first-order valence-electron chi connectivity index (χ1n) is 8.11. The van der Waals surface area contributed by atoms with Crippen LogP contribution in [-0.4, -0.2) is 32.1 Å². The molecule has 26 heavy (non-hydrogen) atoms. The number of nitrogens with one attached hydrogen (secondary N) is 2. The molecule has 6 heteroatoms. The topological polar surface area (TPSA) is 89.2 Å². The first kappa shape index (κ1) is 14.7. The second-order valence-electron chi connectivity index (χ2n) is 6.17. The Kier molecular flexibility index (Phi) is 2.92. The number of carbonyl (C=O) groups is 2. The van der Waals surface area contributed by atoms with Crippen molar-refractivity contribution in [2.45, 2.75) is 0 Å². The van der Waals surface area contributed by atoms with Crippen LogP contribution in [0.5, 0.6) is 0 Å². The smallest absolute Gasteiger partial charge is 0.286 e. The number of aromatic amines is 2. The number of fused-ring (bicyclic) bond motifs is 2. The lowest BCUT2D eigenvalue weighted by Gasteiger charge is -2.03. The molecule has 0 fully saturated rings. The van der Waals surface area contributed by atoms with Crippen molar-refractivity contribution >= 4 is 44.8 Å². The minimum absolute atomic E-state index is 0.189. The highest BCUT2D eigenvalue weighted by atomic mass is 16.5. The Morgan fingerprint density at radius 2 is 1.12 bits per heavy atom. The molecule has 4 aromatic rings. The van der Waals surface area contributed by atoms with E-state index in [1.165, 1.54) is 0 Å². The summed E-state index contributed by atoms with van der Waals surface area (Å²) in [6, 6.07) is 15.0. The van der Waals surface area contributed by atoms with E-state index in [1.54, 1.807) is 12.4 Å². The number of imide groups is 1. The van der Waals surface area contributed by atoms with E-state index in [4.69, 9.17) is 0 Å². The van der Waals surface area contributed by atoms with Gasteiger partial charge in [0.05, 0.1) is 11.1 Å². The van der Waals surface area contributed by atoms with Crippen molar-refractivity contribution in [2.75, 3.05) is 0 Å². The molecule has 3 N–H and O–H groups in total. The Morgan fingerprint density at radius 1 is 0.692 bits per heavy atom. The molecule has 5 rings (SSSR count). The van der Waals surface area contributed by atoms with Crippen molar-refractivity contribution in [2.24, 2.45) is 0 Å². The molecule has 1 aliphatic rings. The number of H-pyrrole nitrogens is 2. The molecule has 3 heterocycles. The maximum absolute atomic E-state index is 12.7. The van der Waals surface area contributed by atoms with Gasteiger partial charge in [-0.25, -0.2) is 0 Å².